The summed E-state index contributed by atoms with van der Waals surface area (Å²) in [7, 11) is 1.64. The van der Waals surface area contributed by atoms with Crippen LogP contribution in [0.2, 0.25) is 0 Å². The molecule has 0 atom stereocenters. The van der Waals surface area contributed by atoms with Crippen LogP contribution in [0.1, 0.15) is 102 Å². The van der Waals surface area contributed by atoms with Crippen molar-refractivity contribution >= 4 is 28.1 Å². The summed E-state index contributed by atoms with van der Waals surface area (Å²) >= 11 is 1.85. The maximum absolute atomic E-state index is 9.73. The van der Waals surface area contributed by atoms with E-state index >= 15 is 0 Å². The van der Waals surface area contributed by atoms with Gasteiger partial charge in [0.1, 0.15) is 5.75 Å². The number of anilines is 1. The Morgan fingerprint density at radius 1 is 0.951 bits per heavy atom. The standard InChI is InChI=1S/C33H47N5O2S/c1-7-9-11-13-19-37(20-14-12-10-8-2)29-18-16-25(41-29)22-27-30(33(3,4)5)36-38-31(34-35-32(27)38)26-21-24(23-39)15-17-28(26)40-6/h15-18,21-22,39H,7-14,19-20,23H2,1-6H3/b27-22-. The molecule has 3 heterocycles. The molecule has 0 saturated heterocycles. The molecule has 0 fully saturated rings. The number of aliphatic hydroxyl groups excluding tert-OH is 1. The van der Waals surface area contributed by atoms with Gasteiger partial charge in [0.15, 0.2) is 11.5 Å². The minimum absolute atomic E-state index is 0.0609. The minimum atomic E-state index is -0.189. The van der Waals surface area contributed by atoms with Gasteiger partial charge in [-0.2, -0.15) is 9.61 Å². The minimum Gasteiger partial charge on any atom is -0.496 e. The lowest BCUT2D eigenvalue weighted by molar-refractivity contribution is 0.281. The monoisotopic (exact) mass is 577 g/mol. The van der Waals surface area contributed by atoms with Gasteiger partial charge in [0.25, 0.3) is 0 Å². The fraction of sp³-hybridized carbons (Fsp3) is 0.545. The average molecular weight is 578 g/mol. The maximum atomic E-state index is 9.73. The highest BCUT2D eigenvalue weighted by atomic mass is 32.1. The molecule has 3 aromatic heterocycles. The molecule has 0 aliphatic heterocycles. The molecule has 0 amide bonds. The average Bonchev–Trinajstić information content (AvgIpc) is 3.68. The van der Waals surface area contributed by atoms with Crippen LogP contribution in [0, 0.1) is 0 Å². The van der Waals surface area contributed by atoms with Gasteiger partial charge in [-0.3, -0.25) is 0 Å². The van der Waals surface area contributed by atoms with Crippen LogP contribution in [0.4, 0.5) is 5.00 Å². The van der Waals surface area contributed by atoms with Crippen molar-refractivity contribution in [1.82, 2.24) is 19.8 Å². The highest BCUT2D eigenvalue weighted by Gasteiger charge is 2.25. The third-order valence-corrected chi connectivity index (χ3v) is 8.60. The number of ether oxygens (including phenoxy) is 1. The summed E-state index contributed by atoms with van der Waals surface area (Å²) < 4.78 is 7.45. The molecule has 0 aliphatic carbocycles. The Balaban J connectivity index is 1.73. The first-order valence-electron chi connectivity index (χ1n) is 15.2. The number of aromatic nitrogens is 4. The van der Waals surface area contributed by atoms with Crippen molar-refractivity contribution in [1.29, 1.82) is 0 Å². The van der Waals surface area contributed by atoms with Gasteiger partial charge in [-0.05, 0) is 48.7 Å². The summed E-state index contributed by atoms with van der Waals surface area (Å²) in [6, 6.07) is 10.1. The molecule has 8 heteroatoms. The molecule has 0 radical (unpaired) electrons. The maximum Gasteiger partial charge on any atom is 0.189 e. The van der Waals surface area contributed by atoms with Gasteiger partial charge in [0.2, 0.25) is 0 Å². The molecule has 41 heavy (non-hydrogen) atoms. The molecule has 4 rings (SSSR count). The largest absolute Gasteiger partial charge is 0.496 e. The Morgan fingerprint density at radius 2 is 1.66 bits per heavy atom. The predicted molar refractivity (Wildman–Crippen MR) is 171 cm³/mol. The van der Waals surface area contributed by atoms with Crippen LogP contribution in [0.3, 0.4) is 0 Å². The van der Waals surface area contributed by atoms with E-state index < -0.39 is 0 Å². The van der Waals surface area contributed by atoms with Crippen LogP contribution in [-0.4, -0.2) is 45.1 Å². The molecule has 4 aromatic rings. The molecule has 0 unspecified atom stereocenters. The van der Waals surface area contributed by atoms with Gasteiger partial charge in [-0.25, -0.2) is 0 Å². The van der Waals surface area contributed by atoms with Crippen LogP contribution in [0.5, 0.6) is 5.75 Å². The zero-order valence-electron chi connectivity index (χ0n) is 25.7. The summed E-state index contributed by atoms with van der Waals surface area (Å²) in [6.07, 6.45) is 12.4. The van der Waals surface area contributed by atoms with Gasteiger partial charge in [-0.1, -0.05) is 79.2 Å². The summed E-state index contributed by atoms with van der Waals surface area (Å²) in [6.45, 7) is 13.3. The zero-order chi connectivity index (χ0) is 29.4. The van der Waals surface area contributed by atoms with Gasteiger partial charge >= 0.3 is 0 Å². The lowest BCUT2D eigenvalue weighted by atomic mass is 9.91. The number of unbranched alkanes of at least 4 members (excludes halogenated alkanes) is 6. The smallest absolute Gasteiger partial charge is 0.189 e. The first kappa shape index (κ1) is 31.0. The van der Waals surface area contributed by atoms with Crippen LogP contribution >= 0.6 is 11.3 Å². The van der Waals surface area contributed by atoms with Crippen molar-refractivity contribution in [3.8, 4) is 17.1 Å². The molecule has 222 valence electrons. The second-order valence-corrected chi connectivity index (χ2v) is 13.0. The summed E-state index contributed by atoms with van der Waals surface area (Å²) in [5.74, 6) is 1.28. The van der Waals surface area contributed by atoms with E-state index in [2.05, 4.69) is 67.9 Å². The van der Waals surface area contributed by atoms with Gasteiger partial charge in [0, 0.05) is 28.6 Å². The normalized spacial score (nSPS) is 12.5. The third-order valence-electron chi connectivity index (χ3n) is 7.51. The second-order valence-electron chi connectivity index (χ2n) is 11.9. The number of nitrogens with zero attached hydrogens (tertiary/aromatic N) is 5. The first-order valence-corrected chi connectivity index (χ1v) is 16.0. The molecule has 0 spiro atoms. The fourth-order valence-corrected chi connectivity index (χ4v) is 6.21. The van der Waals surface area contributed by atoms with Gasteiger partial charge in [-0.15, -0.1) is 21.5 Å². The number of rotatable bonds is 15. The summed E-state index contributed by atoms with van der Waals surface area (Å²) in [4.78, 5) is 3.78. The Kier molecular flexibility index (Phi) is 10.8. The number of benzene rings is 1. The number of thiophene rings is 1. The van der Waals surface area contributed by atoms with Crippen LogP contribution in [0.15, 0.2) is 30.3 Å². The molecule has 1 N–H and O–H groups in total. The fourth-order valence-electron chi connectivity index (χ4n) is 5.21. The molecule has 7 nitrogen and oxygen atoms in total. The van der Waals surface area contributed by atoms with E-state index in [1.54, 1.807) is 7.11 Å². The van der Waals surface area contributed by atoms with Gasteiger partial charge in [0.05, 0.1) is 30.0 Å². The number of aliphatic hydroxyl groups is 1. The van der Waals surface area contributed by atoms with Gasteiger partial charge < -0.3 is 14.7 Å². The van der Waals surface area contributed by atoms with Crippen molar-refractivity contribution in [2.45, 2.75) is 98.0 Å². The number of fused-ring (bicyclic) bond motifs is 1. The Labute approximate surface area is 249 Å². The third kappa shape index (κ3) is 7.46. The lowest BCUT2D eigenvalue weighted by Crippen LogP contribution is -2.24. The highest BCUT2D eigenvalue weighted by Crippen LogP contribution is 2.31. The van der Waals surface area contributed by atoms with Crippen molar-refractivity contribution in [2.75, 3.05) is 25.1 Å². The SMILES string of the molecule is CCCCCCN(CCCCCC)c1ccc(/C=c2/c(C(C)(C)C)nn3c(-c4cc(CO)ccc4OC)nnc23)s1. The molecule has 0 bridgehead atoms. The van der Waals surface area contributed by atoms with E-state index in [4.69, 9.17) is 9.84 Å². The van der Waals surface area contributed by atoms with E-state index in [1.807, 2.05) is 34.1 Å². The van der Waals surface area contributed by atoms with E-state index in [9.17, 15) is 5.11 Å². The first-order chi connectivity index (χ1) is 19.8. The van der Waals surface area contributed by atoms with Crippen molar-refractivity contribution in [2.24, 2.45) is 0 Å². The molecule has 1 aromatic carbocycles. The molecular weight excluding hydrogens is 530 g/mol. The summed E-state index contributed by atoms with van der Waals surface area (Å²) in [5, 5.41) is 26.3. The molecular formula is C33H47N5O2S. The number of hydrogen-bond acceptors (Lipinski definition) is 7. The van der Waals surface area contributed by atoms with E-state index in [0.717, 1.165) is 40.8 Å². The van der Waals surface area contributed by atoms with E-state index in [-0.39, 0.29) is 12.0 Å². The molecule has 0 aliphatic rings. The van der Waals surface area contributed by atoms with Crippen LogP contribution in [0.25, 0.3) is 23.1 Å². The Bertz CT molecular complexity index is 1440. The van der Waals surface area contributed by atoms with E-state index in [0.29, 0.717) is 11.6 Å². The van der Waals surface area contributed by atoms with Crippen molar-refractivity contribution in [3.05, 3.63) is 51.7 Å². The van der Waals surface area contributed by atoms with Crippen molar-refractivity contribution in [3.63, 3.8) is 0 Å². The molecule has 0 saturated carbocycles. The highest BCUT2D eigenvalue weighted by molar-refractivity contribution is 7.16. The Hall–Kier alpha value is -2.97. The topological polar surface area (TPSA) is 75.8 Å². The predicted octanol–water partition coefficient (Wildman–Crippen LogP) is 7.17. The Morgan fingerprint density at radius 3 is 2.27 bits per heavy atom. The van der Waals surface area contributed by atoms with E-state index in [1.165, 1.54) is 61.2 Å². The zero-order valence-corrected chi connectivity index (χ0v) is 26.6. The number of methoxy groups -OCH3 is 1. The van der Waals surface area contributed by atoms with Crippen molar-refractivity contribution < 1.29 is 9.84 Å². The quantitative estimate of drug-likeness (QED) is 0.151. The number of hydrogen-bond donors (Lipinski definition) is 1. The summed E-state index contributed by atoms with van der Waals surface area (Å²) in [5.41, 5.74) is 3.06. The lowest BCUT2D eigenvalue weighted by Gasteiger charge is -2.23. The van der Waals surface area contributed by atoms with Crippen LogP contribution < -0.4 is 14.9 Å². The van der Waals surface area contributed by atoms with Crippen LogP contribution in [-0.2, 0) is 12.0 Å². The second kappa shape index (κ2) is 14.3.